The quantitative estimate of drug-likeness (QED) is 0.675. The van der Waals surface area contributed by atoms with Crippen LogP contribution in [0.15, 0.2) is 0 Å². The molecule has 0 aromatic carbocycles. The van der Waals surface area contributed by atoms with Crippen LogP contribution in [0, 0.1) is 5.92 Å². The first-order chi connectivity index (χ1) is 6.74. The van der Waals surface area contributed by atoms with E-state index in [0.717, 1.165) is 18.9 Å². The fourth-order valence-electron chi connectivity index (χ4n) is 1.69. The molecule has 0 saturated heterocycles. The molecule has 0 aromatic heterocycles. The van der Waals surface area contributed by atoms with Gasteiger partial charge in [-0.1, -0.05) is 13.3 Å². The van der Waals surface area contributed by atoms with E-state index in [0.29, 0.717) is 12.6 Å². The monoisotopic (exact) mass is 198 g/mol. The summed E-state index contributed by atoms with van der Waals surface area (Å²) in [4.78, 5) is 11.3. The van der Waals surface area contributed by atoms with Crippen LogP contribution >= 0.6 is 0 Å². The van der Waals surface area contributed by atoms with Crippen molar-refractivity contribution in [1.29, 1.82) is 0 Å². The fraction of sp³-hybridized carbons (Fsp3) is 0.909. The minimum Gasteiger partial charge on any atom is -0.355 e. The van der Waals surface area contributed by atoms with Crippen LogP contribution in [0.4, 0.5) is 0 Å². The van der Waals surface area contributed by atoms with Gasteiger partial charge in [-0.2, -0.15) is 0 Å². The van der Waals surface area contributed by atoms with Crippen molar-refractivity contribution >= 4 is 5.91 Å². The Morgan fingerprint density at radius 2 is 2.21 bits per heavy atom. The topological polar surface area (TPSA) is 41.1 Å². The van der Waals surface area contributed by atoms with Crippen molar-refractivity contribution in [2.45, 2.75) is 45.6 Å². The summed E-state index contributed by atoms with van der Waals surface area (Å²) in [5, 5.41) is 6.14. The molecule has 1 atom stereocenters. The summed E-state index contributed by atoms with van der Waals surface area (Å²) in [6, 6.07) is 0.496. The molecule has 1 aliphatic carbocycles. The molecule has 3 nitrogen and oxygen atoms in total. The lowest BCUT2D eigenvalue weighted by atomic mass is 9.80. The summed E-state index contributed by atoms with van der Waals surface area (Å²) < 4.78 is 0. The zero-order valence-electron chi connectivity index (χ0n) is 9.31. The second kappa shape index (κ2) is 6.02. The maximum Gasteiger partial charge on any atom is 0.233 e. The number of nitrogens with one attached hydrogen (secondary N) is 2. The Labute approximate surface area is 86.6 Å². The largest absolute Gasteiger partial charge is 0.355 e. The first-order valence-corrected chi connectivity index (χ1v) is 5.74. The van der Waals surface area contributed by atoms with E-state index in [1.807, 2.05) is 0 Å². The first-order valence-electron chi connectivity index (χ1n) is 5.74. The van der Waals surface area contributed by atoms with E-state index >= 15 is 0 Å². The third-order valence-electron chi connectivity index (χ3n) is 3.01. The van der Waals surface area contributed by atoms with Gasteiger partial charge in [0.25, 0.3) is 0 Å². The van der Waals surface area contributed by atoms with Crippen LogP contribution < -0.4 is 10.6 Å². The van der Waals surface area contributed by atoms with Gasteiger partial charge in [-0.05, 0) is 32.1 Å². The van der Waals surface area contributed by atoms with Gasteiger partial charge in [-0.25, -0.2) is 0 Å². The standard InChI is InChI=1S/C11H22N2O/c1-3-7-12-11(14)8-13-9(2)10-5-4-6-10/h9-10,13H,3-8H2,1-2H3,(H,12,14). The zero-order chi connectivity index (χ0) is 10.4. The second-order valence-corrected chi connectivity index (χ2v) is 4.21. The maximum absolute atomic E-state index is 11.3. The van der Waals surface area contributed by atoms with Gasteiger partial charge < -0.3 is 10.6 Å². The van der Waals surface area contributed by atoms with Crippen LogP contribution in [0.25, 0.3) is 0 Å². The van der Waals surface area contributed by atoms with Crippen LogP contribution in [-0.4, -0.2) is 25.0 Å². The number of amides is 1. The van der Waals surface area contributed by atoms with Crippen molar-refractivity contribution in [1.82, 2.24) is 10.6 Å². The van der Waals surface area contributed by atoms with Crippen LogP contribution in [0.1, 0.15) is 39.5 Å². The number of carbonyl (C=O) groups excluding carboxylic acids is 1. The predicted octanol–water partition coefficient (Wildman–Crippen LogP) is 1.29. The van der Waals surface area contributed by atoms with Gasteiger partial charge in [-0.3, -0.25) is 4.79 Å². The molecule has 0 heterocycles. The van der Waals surface area contributed by atoms with Gasteiger partial charge >= 0.3 is 0 Å². The Kier molecular flexibility index (Phi) is 4.94. The average Bonchev–Trinajstić information content (AvgIpc) is 2.08. The SMILES string of the molecule is CCCNC(=O)CNC(C)C1CCC1. The van der Waals surface area contributed by atoms with Gasteiger partial charge in [0.15, 0.2) is 0 Å². The third-order valence-corrected chi connectivity index (χ3v) is 3.01. The average molecular weight is 198 g/mol. The second-order valence-electron chi connectivity index (χ2n) is 4.21. The van der Waals surface area contributed by atoms with Crippen LogP contribution in [0.2, 0.25) is 0 Å². The van der Waals surface area contributed by atoms with E-state index in [-0.39, 0.29) is 5.91 Å². The lowest BCUT2D eigenvalue weighted by Crippen LogP contribution is -2.43. The molecular formula is C11H22N2O. The van der Waals surface area contributed by atoms with Crippen molar-refractivity contribution in [3.63, 3.8) is 0 Å². The molecule has 0 aromatic rings. The molecular weight excluding hydrogens is 176 g/mol. The van der Waals surface area contributed by atoms with Gasteiger partial charge in [0, 0.05) is 12.6 Å². The Morgan fingerprint density at radius 3 is 2.71 bits per heavy atom. The summed E-state index contributed by atoms with van der Waals surface area (Å²) in [5.41, 5.74) is 0. The van der Waals surface area contributed by atoms with Crippen LogP contribution in [0.5, 0.6) is 0 Å². The van der Waals surface area contributed by atoms with E-state index in [2.05, 4.69) is 24.5 Å². The summed E-state index contributed by atoms with van der Waals surface area (Å²) in [5.74, 6) is 0.923. The summed E-state index contributed by atoms with van der Waals surface area (Å²) in [6.45, 7) is 5.50. The first kappa shape index (κ1) is 11.5. The highest BCUT2D eigenvalue weighted by molar-refractivity contribution is 5.77. The smallest absolute Gasteiger partial charge is 0.233 e. The van der Waals surface area contributed by atoms with E-state index in [4.69, 9.17) is 0 Å². The minimum atomic E-state index is 0.123. The summed E-state index contributed by atoms with van der Waals surface area (Å²) >= 11 is 0. The van der Waals surface area contributed by atoms with Crippen molar-refractivity contribution in [2.75, 3.05) is 13.1 Å². The van der Waals surface area contributed by atoms with E-state index in [1.165, 1.54) is 19.3 Å². The Bertz CT molecular complexity index is 178. The molecule has 1 rings (SSSR count). The molecule has 1 fully saturated rings. The molecule has 0 spiro atoms. The van der Waals surface area contributed by atoms with E-state index in [9.17, 15) is 4.79 Å². The lowest BCUT2D eigenvalue weighted by Gasteiger charge is -2.31. The van der Waals surface area contributed by atoms with Crippen molar-refractivity contribution in [3.05, 3.63) is 0 Å². The number of rotatable bonds is 6. The Balaban J connectivity index is 2.03. The molecule has 0 radical (unpaired) electrons. The molecule has 3 heteroatoms. The Hall–Kier alpha value is -0.570. The lowest BCUT2D eigenvalue weighted by molar-refractivity contribution is -0.120. The normalized spacial score (nSPS) is 18.7. The molecule has 1 aliphatic rings. The molecule has 82 valence electrons. The van der Waals surface area contributed by atoms with Gasteiger partial charge in [0.2, 0.25) is 5.91 Å². The minimum absolute atomic E-state index is 0.123. The number of hydrogen-bond donors (Lipinski definition) is 2. The van der Waals surface area contributed by atoms with Crippen molar-refractivity contribution < 1.29 is 4.79 Å². The van der Waals surface area contributed by atoms with E-state index < -0.39 is 0 Å². The summed E-state index contributed by atoms with van der Waals surface area (Å²) in [6.07, 6.45) is 5.01. The van der Waals surface area contributed by atoms with Crippen LogP contribution in [0.3, 0.4) is 0 Å². The van der Waals surface area contributed by atoms with Gasteiger partial charge in [-0.15, -0.1) is 0 Å². The number of carbonyl (C=O) groups is 1. The van der Waals surface area contributed by atoms with Crippen LogP contribution in [-0.2, 0) is 4.79 Å². The summed E-state index contributed by atoms with van der Waals surface area (Å²) in [7, 11) is 0. The predicted molar refractivity (Wildman–Crippen MR) is 58.1 cm³/mol. The molecule has 1 amide bonds. The van der Waals surface area contributed by atoms with Gasteiger partial charge in [0.1, 0.15) is 0 Å². The van der Waals surface area contributed by atoms with Crippen molar-refractivity contribution in [3.8, 4) is 0 Å². The Morgan fingerprint density at radius 1 is 1.50 bits per heavy atom. The third kappa shape index (κ3) is 3.66. The highest BCUT2D eigenvalue weighted by atomic mass is 16.1. The number of hydrogen-bond acceptors (Lipinski definition) is 2. The molecule has 1 saturated carbocycles. The molecule has 0 bridgehead atoms. The molecule has 0 aliphatic heterocycles. The van der Waals surface area contributed by atoms with Crippen molar-refractivity contribution in [2.24, 2.45) is 5.92 Å². The van der Waals surface area contributed by atoms with E-state index in [1.54, 1.807) is 0 Å². The zero-order valence-corrected chi connectivity index (χ0v) is 9.31. The maximum atomic E-state index is 11.3. The molecule has 14 heavy (non-hydrogen) atoms. The fourth-order valence-corrected chi connectivity index (χ4v) is 1.69. The molecule has 2 N–H and O–H groups in total. The highest BCUT2D eigenvalue weighted by Gasteiger charge is 2.23. The van der Waals surface area contributed by atoms with Gasteiger partial charge in [0.05, 0.1) is 6.54 Å². The molecule has 1 unspecified atom stereocenters. The highest BCUT2D eigenvalue weighted by Crippen LogP contribution is 2.29.